The number of nitrogens with two attached hydrogens (primary N) is 1. The van der Waals surface area contributed by atoms with E-state index in [1.807, 2.05) is 0 Å². The van der Waals surface area contributed by atoms with Crippen LogP contribution in [0.1, 0.15) is 11.1 Å². The first-order chi connectivity index (χ1) is 8.38. The second kappa shape index (κ2) is 4.22. The van der Waals surface area contributed by atoms with Gasteiger partial charge in [0.25, 0.3) is 0 Å². The van der Waals surface area contributed by atoms with Gasteiger partial charge < -0.3 is 10.5 Å². The molecule has 0 radical (unpaired) electrons. The van der Waals surface area contributed by atoms with Crippen molar-refractivity contribution < 1.29 is 4.74 Å². The number of para-hydroxylation sites is 1. The van der Waals surface area contributed by atoms with Gasteiger partial charge in [0.15, 0.2) is 0 Å². The van der Waals surface area contributed by atoms with Crippen molar-refractivity contribution in [3.05, 3.63) is 53.6 Å². The Morgan fingerprint density at radius 2 is 1.88 bits per heavy atom. The zero-order chi connectivity index (χ0) is 11.7. The molecule has 0 saturated heterocycles. The second-order valence-electron chi connectivity index (χ2n) is 4.29. The minimum absolute atomic E-state index is 0.587. The third-order valence-electron chi connectivity index (χ3n) is 3.22. The van der Waals surface area contributed by atoms with Gasteiger partial charge in [-0.1, -0.05) is 42.5 Å². The molecule has 0 fully saturated rings. The van der Waals surface area contributed by atoms with E-state index in [-0.39, 0.29) is 0 Å². The fourth-order valence-electron chi connectivity index (χ4n) is 2.26. The highest BCUT2D eigenvalue weighted by atomic mass is 16.5. The van der Waals surface area contributed by atoms with Crippen molar-refractivity contribution in [1.29, 1.82) is 0 Å². The first-order valence-corrected chi connectivity index (χ1v) is 5.92. The Morgan fingerprint density at radius 3 is 2.65 bits per heavy atom. The molecule has 2 heteroatoms. The van der Waals surface area contributed by atoms with E-state index in [1.54, 1.807) is 0 Å². The number of benzene rings is 2. The zero-order valence-corrected chi connectivity index (χ0v) is 9.65. The Bertz CT molecular complexity index is 531. The Kier molecular flexibility index (Phi) is 2.57. The molecule has 2 aromatic carbocycles. The van der Waals surface area contributed by atoms with Crippen LogP contribution in [0.25, 0.3) is 11.1 Å². The summed E-state index contributed by atoms with van der Waals surface area (Å²) in [4.78, 5) is 0. The SMILES string of the molecule is NCc1ccc(-c2cccc3c2OCC3)cc1. The predicted molar refractivity (Wildman–Crippen MR) is 69.0 cm³/mol. The molecule has 1 heterocycles. The largest absolute Gasteiger partial charge is 0.492 e. The van der Waals surface area contributed by atoms with Crippen LogP contribution in [-0.4, -0.2) is 6.61 Å². The molecule has 1 aliphatic heterocycles. The lowest BCUT2D eigenvalue weighted by atomic mass is 10.0. The maximum Gasteiger partial charge on any atom is 0.130 e. The van der Waals surface area contributed by atoms with Gasteiger partial charge in [-0.05, 0) is 16.7 Å². The quantitative estimate of drug-likeness (QED) is 0.853. The lowest BCUT2D eigenvalue weighted by Crippen LogP contribution is -1.95. The van der Waals surface area contributed by atoms with Crippen molar-refractivity contribution in [2.75, 3.05) is 6.61 Å². The highest BCUT2D eigenvalue weighted by Gasteiger charge is 2.16. The van der Waals surface area contributed by atoms with Crippen molar-refractivity contribution in [1.82, 2.24) is 0 Å². The summed E-state index contributed by atoms with van der Waals surface area (Å²) in [7, 11) is 0. The third-order valence-corrected chi connectivity index (χ3v) is 3.22. The molecule has 0 amide bonds. The van der Waals surface area contributed by atoms with Gasteiger partial charge in [0.2, 0.25) is 0 Å². The minimum Gasteiger partial charge on any atom is -0.492 e. The Hall–Kier alpha value is -1.80. The molecule has 0 saturated carbocycles. The van der Waals surface area contributed by atoms with Gasteiger partial charge in [-0.25, -0.2) is 0 Å². The average Bonchev–Trinajstić information content (AvgIpc) is 2.87. The van der Waals surface area contributed by atoms with Crippen LogP contribution in [0.5, 0.6) is 5.75 Å². The van der Waals surface area contributed by atoms with Gasteiger partial charge in [-0.15, -0.1) is 0 Å². The van der Waals surface area contributed by atoms with E-state index in [0.717, 1.165) is 24.3 Å². The first-order valence-electron chi connectivity index (χ1n) is 5.92. The third kappa shape index (κ3) is 1.81. The molecule has 86 valence electrons. The molecule has 2 N–H and O–H groups in total. The Morgan fingerprint density at radius 1 is 1.06 bits per heavy atom. The highest BCUT2D eigenvalue weighted by molar-refractivity contribution is 5.73. The normalized spacial score (nSPS) is 13.2. The van der Waals surface area contributed by atoms with E-state index in [2.05, 4.69) is 42.5 Å². The average molecular weight is 225 g/mol. The molecule has 0 aromatic heterocycles. The standard InChI is InChI=1S/C15H15NO/c16-10-11-4-6-12(7-5-11)14-3-1-2-13-8-9-17-15(13)14/h1-7H,8-10,16H2. The Labute approximate surface area is 101 Å². The van der Waals surface area contributed by atoms with E-state index < -0.39 is 0 Å². The molecule has 17 heavy (non-hydrogen) atoms. The maximum atomic E-state index is 5.72. The summed E-state index contributed by atoms with van der Waals surface area (Å²) in [5.41, 5.74) is 10.4. The van der Waals surface area contributed by atoms with Crippen LogP contribution in [0.3, 0.4) is 0 Å². The number of hydrogen-bond donors (Lipinski definition) is 1. The van der Waals surface area contributed by atoms with Gasteiger partial charge in [-0.3, -0.25) is 0 Å². The van der Waals surface area contributed by atoms with Crippen molar-refractivity contribution in [2.24, 2.45) is 5.73 Å². The van der Waals surface area contributed by atoms with Crippen LogP contribution in [0.4, 0.5) is 0 Å². The predicted octanol–water partition coefficient (Wildman–Crippen LogP) is 2.75. The summed E-state index contributed by atoms with van der Waals surface area (Å²) in [5.74, 6) is 1.05. The molecule has 1 aliphatic rings. The molecule has 0 bridgehead atoms. The van der Waals surface area contributed by atoms with Gasteiger partial charge in [0.1, 0.15) is 5.75 Å². The van der Waals surface area contributed by atoms with Gasteiger partial charge >= 0.3 is 0 Å². The fraction of sp³-hybridized carbons (Fsp3) is 0.200. The van der Waals surface area contributed by atoms with Gasteiger partial charge in [-0.2, -0.15) is 0 Å². The lowest BCUT2D eigenvalue weighted by Gasteiger charge is -2.08. The summed E-state index contributed by atoms with van der Waals surface area (Å²) in [6.07, 6.45) is 1.02. The van der Waals surface area contributed by atoms with Crippen molar-refractivity contribution in [3.8, 4) is 16.9 Å². The Balaban J connectivity index is 2.06. The van der Waals surface area contributed by atoms with E-state index >= 15 is 0 Å². The van der Waals surface area contributed by atoms with E-state index in [9.17, 15) is 0 Å². The summed E-state index contributed by atoms with van der Waals surface area (Å²) in [6, 6.07) is 14.7. The molecule has 2 aromatic rings. The number of ether oxygens (including phenoxy) is 1. The van der Waals surface area contributed by atoms with Crippen molar-refractivity contribution in [3.63, 3.8) is 0 Å². The molecule has 3 rings (SSSR count). The number of rotatable bonds is 2. The smallest absolute Gasteiger partial charge is 0.130 e. The topological polar surface area (TPSA) is 35.2 Å². The minimum atomic E-state index is 0.587. The highest BCUT2D eigenvalue weighted by Crippen LogP contribution is 2.36. The molecule has 0 unspecified atom stereocenters. The van der Waals surface area contributed by atoms with E-state index in [0.29, 0.717) is 6.54 Å². The van der Waals surface area contributed by atoms with E-state index in [4.69, 9.17) is 10.5 Å². The molecular weight excluding hydrogens is 210 g/mol. The number of fused-ring (bicyclic) bond motifs is 1. The number of hydrogen-bond acceptors (Lipinski definition) is 2. The second-order valence-corrected chi connectivity index (χ2v) is 4.29. The summed E-state index contributed by atoms with van der Waals surface area (Å²) in [5, 5.41) is 0. The molecule has 0 aliphatic carbocycles. The van der Waals surface area contributed by atoms with Crippen LogP contribution in [0, 0.1) is 0 Å². The van der Waals surface area contributed by atoms with Crippen LogP contribution in [0.2, 0.25) is 0 Å². The van der Waals surface area contributed by atoms with Crippen molar-refractivity contribution in [2.45, 2.75) is 13.0 Å². The van der Waals surface area contributed by atoms with Crippen LogP contribution in [-0.2, 0) is 13.0 Å². The first kappa shape index (κ1) is 10.4. The zero-order valence-electron chi connectivity index (χ0n) is 9.65. The van der Waals surface area contributed by atoms with Gasteiger partial charge in [0, 0.05) is 18.5 Å². The lowest BCUT2D eigenvalue weighted by molar-refractivity contribution is 0.358. The molecular formula is C15H15NO. The van der Waals surface area contributed by atoms with E-state index in [1.165, 1.54) is 16.7 Å². The van der Waals surface area contributed by atoms with Crippen LogP contribution in [0.15, 0.2) is 42.5 Å². The maximum absolute atomic E-state index is 5.72. The monoisotopic (exact) mass is 225 g/mol. The summed E-state index contributed by atoms with van der Waals surface area (Å²) in [6.45, 7) is 1.39. The molecule has 2 nitrogen and oxygen atoms in total. The van der Waals surface area contributed by atoms with Gasteiger partial charge in [0.05, 0.1) is 6.61 Å². The fourth-order valence-corrected chi connectivity index (χ4v) is 2.26. The molecule has 0 spiro atoms. The van der Waals surface area contributed by atoms with Crippen LogP contribution >= 0.6 is 0 Å². The van der Waals surface area contributed by atoms with Crippen LogP contribution < -0.4 is 10.5 Å². The van der Waals surface area contributed by atoms with Crippen molar-refractivity contribution >= 4 is 0 Å². The summed E-state index contributed by atoms with van der Waals surface area (Å²) >= 11 is 0. The molecule has 0 atom stereocenters. The summed E-state index contributed by atoms with van der Waals surface area (Å²) < 4.78 is 5.72.